The van der Waals surface area contributed by atoms with Gasteiger partial charge in [-0.05, 0) is 35.4 Å². The lowest BCUT2D eigenvalue weighted by atomic mass is 10.0. The van der Waals surface area contributed by atoms with Crippen LogP contribution in [0.4, 0.5) is 0 Å². The van der Waals surface area contributed by atoms with Crippen molar-refractivity contribution >= 4 is 40.5 Å². The Morgan fingerprint density at radius 3 is 2.39 bits per heavy atom. The third-order valence-electron chi connectivity index (χ3n) is 5.36. The maximum Gasteiger partial charge on any atom is 0.230 e. The quantitative estimate of drug-likeness (QED) is 0.255. The first kappa shape index (κ1) is 23.7. The summed E-state index contributed by atoms with van der Waals surface area (Å²) in [6, 6.07) is 14.4. The van der Waals surface area contributed by atoms with Gasteiger partial charge >= 0.3 is 0 Å². The van der Waals surface area contributed by atoms with E-state index in [1.165, 1.54) is 0 Å². The fourth-order valence-electron chi connectivity index (χ4n) is 3.53. The Kier molecular flexibility index (Phi) is 6.50. The predicted octanol–water partition coefficient (Wildman–Crippen LogP) is 5.46. The SMILES string of the molecule is C[Si](C)(C)CCOCn1c(S(C)(=O)=O)nc2cc(-c3ccc(-c4ccn[nH]4)cc3)c(Cl)cc21. The molecule has 0 aliphatic rings. The molecule has 2 aromatic carbocycles. The van der Waals surface area contributed by atoms with Crippen LogP contribution in [0.1, 0.15) is 0 Å². The van der Waals surface area contributed by atoms with Crippen LogP contribution in [0.2, 0.25) is 30.7 Å². The lowest BCUT2D eigenvalue weighted by molar-refractivity contribution is 0.0838. The Balaban J connectivity index is 1.69. The molecule has 2 heterocycles. The number of fused-ring (bicyclic) bond motifs is 1. The topological polar surface area (TPSA) is 89.9 Å². The number of sulfone groups is 1. The third-order valence-corrected chi connectivity index (χ3v) is 8.35. The smallest absolute Gasteiger partial charge is 0.230 e. The van der Waals surface area contributed by atoms with Crippen molar-refractivity contribution in [2.45, 2.75) is 37.6 Å². The van der Waals surface area contributed by atoms with Crippen molar-refractivity contribution in [3.63, 3.8) is 0 Å². The highest BCUT2D eigenvalue weighted by atomic mass is 35.5. The van der Waals surface area contributed by atoms with Crippen molar-refractivity contribution in [2.75, 3.05) is 12.9 Å². The van der Waals surface area contributed by atoms with E-state index in [9.17, 15) is 8.42 Å². The Hall–Kier alpha value is -2.46. The van der Waals surface area contributed by atoms with Gasteiger partial charge < -0.3 is 4.74 Å². The van der Waals surface area contributed by atoms with Gasteiger partial charge in [-0.2, -0.15) is 5.10 Å². The van der Waals surface area contributed by atoms with E-state index in [1.54, 1.807) is 16.8 Å². The zero-order valence-electron chi connectivity index (χ0n) is 19.1. The maximum absolute atomic E-state index is 12.4. The second-order valence-corrected chi connectivity index (χ2v) is 17.2. The number of halogens is 1. The zero-order chi connectivity index (χ0) is 23.8. The summed E-state index contributed by atoms with van der Waals surface area (Å²) < 4.78 is 32.3. The summed E-state index contributed by atoms with van der Waals surface area (Å²) in [4.78, 5) is 4.43. The van der Waals surface area contributed by atoms with E-state index >= 15 is 0 Å². The molecule has 0 saturated carbocycles. The molecule has 0 atom stereocenters. The van der Waals surface area contributed by atoms with E-state index < -0.39 is 17.9 Å². The largest absolute Gasteiger partial charge is 0.361 e. The molecule has 0 aliphatic carbocycles. The van der Waals surface area contributed by atoms with Gasteiger partial charge in [-0.25, -0.2) is 13.4 Å². The lowest BCUT2D eigenvalue weighted by Crippen LogP contribution is -2.22. The number of hydrogen-bond acceptors (Lipinski definition) is 5. The monoisotopic (exact) mass is 502 g/mol. The molecule has 174 valence electrons. The summed E-state index contributed by atoms with van der Waals surface area (Å²) >= 11 is 6.65. The molecule has 1 N–H and O–H groups in total. The van der Waals surface area contributed by atoms with Gasteiger partial charge in [-0.3, -0.25) is 9.67 Å². The van der Waals surface area contributed by atoms with Crippen molar-refractivity contribution in [3.8, 4) is 22.4 Å². The van der Waals surface area contributed by atoms with Gasteiger partial charge in [-0.1, -0.05) is 55.5 Å². The Labute approximate surface area is 199 Å². The number of aromatic amines is 1. The summed E-state index contributed by atoms with van der Waals surface area (Å²) in [6.07, 6.45) is 2.86. The molecule has 4 rings (SSSR count). The van der Waals surface area contributed by atoms with Gasteiger partial charge in [-0.15, -0.1) is 0 Å². The first-order valence-electron chi connectivity index (χ1n) is 10.6. The number of hydrogen-bond donors (Lipinski definition) is 1. The minimum Gasteiger partial charge on any atom is -0.361 e. The summed E-state index contributed by atoms with van der Waals surface area (Å²) in [5.74, 6) is 0. The standard InChI is InChI=1S/C23H27ClN4O3SSi/c1-32(29,30)23-26-21-13-18(16-5-7-17(8-6-16)20-9-10-25-27-20)19(24)14-22(21)28(23)15-31-11-12-33(2,3)4/h5-10,13-14H,11-12,15H2,1-4H3,(H,25,27). The molecule has 0 spiro atoms. The normalized spacial score (nSPS) is 12.5. The van der Waals surface area contributed by atoms with Crippen molar-refractivity contribution in [1.82, 2.24) is 19.7 Å². The predicted molar refractivity (Wildman–Crippen MR) is 135 cm³/mol. The number of H-pyrrole nitrogens is 1. The summed E-state index contributed by atoms with van der Waals surface area (Å²) in [6.45, 7) is 7.50. The van der Waals surface area contributed by atoms with Crippen LogP contribution in [0.25, 0.3) is 33.4 Å². The van der Waals surface area contributed by atoms with E-state index in [-0.39, 0.29) is 11.9 Å². The van der Waals surface area contributed by atoms with Gasteiger partial charge in [0, 0.05) is 32.7 Å². The molecule has 10 heteroatoms. The second-order valence-electron chi connectivity index (χ2n) is 9.31. The summed E-state index contributed by atoms with van der Waals surface area (Å²) in [5, 5.41) is 7.42. The molecule has 2 aromatic heterocycles. The van der Waals surface area contributed by atoms with E-state index in [2.05, 4.69) is 34.8 Å². The Morgan fingerprint density at radius 1 is 1.09 bits per heavy atom. The summed E-state index contributed by atoms with van der Waals surface area (Å²) in [7, 11) is -4.81. The fraction of sp³-hybridized carbons (Fsp3) is 0.304. The van der Waals surface area contributed by atoms with Crippen molar-refractivity contribution in [3.05, 3.63) is 53.7 Å². The van der Waals surface area contributed by atoms with Gasteiger partial charge in [0.05, 0.1) is 21.7 Å². The van der Waals surface area contributed by atoms with E-state index in [0.717, 1.165) is 34.7 Å². The number of benzene rings is 2. The number of nitrogens with zero attached hydrogens (tertiary/aromatic N) is 3. The molecule has 0 aliphatic heterocycles. The van der Waals surface area contributed by atoms with E-state index in [0.29, 0.717) is 22.7 Å². The van der Waals surface area contributed by atoms with Crippen LogP contribution in [0.3, 0.4) is 0 Å². The number of rotatable bonds is 8. The molecule has 0 unspecified atom stereocenters. The lowest BCUT2D eigenvalue weighted by Gasteiger charge is -2.16. The molecule has 0 bridgehead atoms. The molecule has 33 heavy (non-hydrogen) atoms. The number of imidazole rings is 1. The molecular formula is C23H27ClN4O3SSi. The molecule has 0 fully saturated rings. The summed E-state index contributed by atoms with van der Waals surface area (Å²) in [5.41, 5.74) is 4.81. The fourth-order valence-corrected chi connectivity index (χ4v) is 5.37. The molecule has 0 radical (unpaired) electrons. The van der Waals surface area contributed by atoms with Crippen LogP contribution in [-0.4, -0.2) is 49.1 Å². The highest BCUT2D eigenvalue weighted by molar-refractivity contribution is 7.90. The first-order chi connectivity index (χ1) is 15.5. The zero-order valence-corrected chi connectivity index (χ0v) is 21.7. The Morgan fingerprint density at radius 2 is 1.79 bits per heavy atom. The minimum atomic E-state index is -3.55. The molecule has 0 amide bonds. The molecule has 0 saturated heterocycles. The van der Waals surface area contributed by atoms with Crippen LogP contribution >= 0.6 is 11.6 Å². The molecular weight excluding hydrogens is 476 g/mol. The average molecular weight is 503 g/mol. The van der Waals surface area contributed by atoms with E-state index in [4.69, 9.17) is 16.3 Å². The van der Waals surface area contributed by atoms with Gasteiger partial charge in [0.1, 0.15) is 6.73 Å². The van der Waals surface area contributed by atoms with Crippen molar-refractivity contribution in [2.24, 2.45) is 0 Å². The van der Waals surface area contributed by atoms with Crippen LogP contribution in [-0.2, 0) is 21.3 Å². The third kappa shape index (κ3) is 5.38. The molecule has 7 nitrogen and oxygen atoms in total. The minimum absolute atomic E-state index is 0.0201. The van der Waals surface area contributed by atoms with Gasteiger partial charge in [0.15, 0.2) is 0 Å². The molecule has 4 aromatic rings. The first-order valence-corrected chi connectivity index (χ1v) is 16.6. The van der Waals surface area contributed by atoms with Crippen LogP contribution in [0, 0.1) is 0 Å². The Bertz CT molecular complexity index is 1380. The van der Waals surface area contributed by atoms with E-state index in [1.807, 2.05) is 36.4 Å². The number of nitrogens with one attached hydrogen (secondary N) is 1. The highest BCUT2D eigenvalue weighted by Crippen LogP contribution is 2.34. The average Bonchev–Trinajstić information content (AvgIpc) is 3.38. The van der Waals surface area contributed by atoms with Crippen LogP contribution < -0.4 is 0 Å². The number of aromatic nitrogens is 4. The van der Waals surface area contributed by atoms with Crippen LogP contribution in [0.5, 0.6) is 0 Å². The second kappa shape index (κ2) is 9.06. The van der Waals surface area contributed by atoms with Gasteiger partial charge in [0.25, 0.3) is 0 Å². The van der Waals surface area contributed by atoms with Crippen molar-refractivity contribution in [1.29, 1.82) is 0 Å². The van der Waals surface area contributed by atoms with Crippen LogP contribution in [0.15, 0.2) is 53.8 Å². The van der Waals surface area contributed by atoms with Gasteiger partial charge in [0.2, 0.25) is 15.0 Å². The highest BCUT2D eigenvalue weighted by Gasteiger charge is 2.21. The van der Waals surface area contributed by atoms with Crippen molar-refractivity contribution < 1.29 is 13.2 Å². The maximum atomic E-state index is 12.4. The number of ether oxygens (including phenoxy) is 1.